The van der Waals surface area contributed by atoms with Crippen LogP contribution in [0.15, 0.2) is 41.8 Å². The van der Waals surface area contributed by atoms with Gasteiger partial charge in [0.05, 0.1) is 18.0 Å². The lowest BCUT2D eigenvalue weighted by Gasteiger charge is -2.08. The lowest BCUT2D eigenvalue weighted by molar-refractivity contribution is -0.385. The largest absolute Gasteiger partial charge is 0.462 e. The van der Waals surface area contributed by atoms with Gasteiger partial charge in [0, 0.05) is 26.9 Å². The number of benzene rings is 1. The number of thiophene rings is 2. The molecule has 0 saturated heterocycles. The van der Waals surface area contributed by atoms with Crippen LogP contribution in [0.4, 0.5) is 10.7 Å². The first-order chi connectivity index (χ1) is 13.9. The van der Waals surface area contributed by atoms with Crippen molar-refractivity contribution in [2.24, 2.45) is 0 Å². The third-order valence-electron chi connectivity index (χ3n) is 4.12. The zero-order valence-corrected chi connectivity index (χ0v) is 17.4. The number of hydrogen-bond donors (Lipinski definition) is 1. The Bertz CT molecular complexity index is 1060. The number of nitro groups is 1. The van der Waals surface area contributed by atoms with Crippen LogP contribution >= 0.6 is 22.7 Å². The van der Waals surface area contributed by atoms with Gasteiger partial charge in [-0.25, -0.2) is 4.79 Å². The van der Waals surface area contributed by atoms with Crippen LogP contribution < -0.4 is 5.32 Å². The molecule has 0 fully saturated rings. The Balaban J connectivity index is 1.93. The van der Waals surface area contributed by atoms with Crippen LogP contribution in [0.1, 0.15) is 27.7 Å². The van der Waals surface area contributed by atoms with Gasteiger partial charge in [-0.1, -0.05) is 24.3 Å². The lowest BCUT2D eigenvalue weighted by atomic mass is 10.1. The van der Waals surface area contributed by atoms with Crippen molar-refractivity contribution in [3.63, 3.8) is 0 Å². The quantitative estimate of drug-likeness (QED) is 0.321. The first-order valence-electron chi connectivity index (χ1n) is 8.78. The minimum absolute atomic E-state index is 0.116. The fourth-order valence-corrected chi connectivity index (χ4v) is 4.90. The van der Waals surface area contributed by atoms with E-state index in [1.165, 1.54) is 28.7 Å². The number of aryl methyl sites for hydroxylation is 1. The number of carbonyl (C=O) groups excluding carboxylic acids is 2. The van der Waals surface area contributed by atoms with Crippen molar-refractivity contribution < 1.29 is 19.2 Å². The fourth-order valence-electron chi connectivity index (χ4n) is 2.93. The molecular weight excluding hydrogens is 412 g/mol. The molecule has 1 N–H and O–H groups in total. The van der Waals surface area contributed by atoms with Crippen LogP contribution in [-0.4, -0.2) is 23.4 Å². The Kier molecular flexibility index (Phi) is 6.40. The van der Waals surface area contributed by atoms with Crippen LogP contribution in [0.2, 0.25) is 0 Å². The predicted molar refractivity (Wildman–Crippen MR) is 114 cm³/mol. The zero-order chi connectivity index (χ0) is 21.0. The third kappa shape index (κ3) is 4.52. The van der Waals surface area contributed by atoms with E-state index in [0.29, 0.717) is 16.1 Å². The number of para-hydroxylation sites is 1. The molecule has 0 aliphatic rings. The average Bonchev–Trinajstić information content (AvgIpc) is 3.29. The van der Waals surface area contributed by atoms with Crippen molar-refractivity contribution in [3.05, 3.63) is 67.9 Å². The number of rotatable bonds is 7. The number of nitrogens with zero attached hydrogens (tertiary/aromatic N) is 1. The topological polar surface area (TPSA) is 98.5 Å². The Morgan fingerprint density at radius 3 is 2.62 bits per heavy atom. The molecule has 150 valence electrons. The molecule has 0 spiro atoms. The SMILES string of the molecule is CCOC(=O)c1c(NC(=O)Cc2ccccc2[N+](=O)[O-])sc(C)c1-c1cccs1. The summed E-state index contributed by atoms with van der Waals surface area (Å²) in [6.45, 7) is 3.80. The second-order valence-electron chi connectivity index (χ2n) is 6.05. The summed E-state index contributed by atoms with van der Waals surface area (Å²) in [6, 6.07) is 9.88. The molecule has 0 atom stereocenters. The standard InChI is InChI=1S/C20H18N2O5S2/c1-3-27-20(24)18-17(15-9-6-10-28-15)12(2)29-19(18)21-16(23)11-13-7-4-5-8-14(13)22(25)26/h4-10H,3,11H2,1-2H3,(H,21,23). The molecule has 0 saturated carbocycles. The van der Waals surface area contributed by atoms with Crippen molar-refractivity contribution >= 4 is 45.2 Å². The number of nitrogens with one attached hydrogen (secondary N) is 1. The first-order valence-corrected chi connectivity index (χ1v) is 10.5. The van der Waals surface area contributed by atoms with E-state index in [1.54, 1.807) is 25.1 Å². The van der Waals surface area contributed by atoms with E-state index >= 15 is 0 Å². The van der Waals surface area contributed by atoms with Crippen LogP contribution in [0.5, 0.6) is 0 Å². The van der Waals surface area contributed by atoms with Gasteiger partial charge in [0.2, 0.25) is 5.91 Å². The highest BCUT2D eigenvalue weighted by Crippen LogP contribution is 2.42. The molecule has 0 aliphatic heterocycles. The maximum absolute atomic E-state index is 12.6. The fraction of sp³-hybridized carbons (Fsp3) is 0.200. The maximum Gasteiger partial charge on any atom is 0.341 e. The first kappa shape index (κ1) is 20.7. The van der Waals surface area contributed by atoms with Gasteiger partial charge in [0.1, 0.15) is 10.6 Å². The molecule has 0 radical (unpaired) electrons. The van der Waals surface area contributed by atoms with Gasteiger partial charge in [-0.2, -0.15) is 0 Å². The number of esters is 1. The van der Waals surface area contributed by atoms with Gasteiger partial charge >= 0.3 is 5.97 Å². The van der Waals surface area contributed by atoms with Gasteiger partial charge in [0.15, 0.2) is 0 Å². The van der Waals surface area contributed by atoms with Crippen molar-refractivity contribution in [2.45, 2.75) is 20.3 Å². The van der Waals surface area contributed by atoms with Crippen LogP contribution in [0.25, 0.3) is 10.4 Å². The molecule has 29 heavy (non-hydrogen) atoms. The smallest absolute Gasteiger partial charge is 0.341 e. The number of anilines is 1. The van der Waals surface area contributed by atoms with Crippen molar-refractivity contribution in [1.82, 2.24) is 0 Å². The van der Waals surface area contributed by atoms with Crippen molar-refractivity contribution in [3.8, 4) is 10.4 Å². The van der Waals surface area contributed by atoms with E-state index in [4.69, 9.17) is 4.74 Å². The minimum Gasteiger partial charge on any atom is -0.462 e. The summed E-state index contributed by atoms with van der Waals surface area (Å²) in [6.07, 6.45) is -0.176. The zero-order valence-electron chi connectivity index (χ0n) is 15.8. The molecular formula is C20H18N2O5S2. The number of carbonyl (C=O) groups is 2. The average molecular weight is 431 g/mol. The van der Waals surface area contributed by atoms with Crippen molar-refractivity contribution in [2.75, 3.05) is 11.9 Å². The molecule has 9 heteroatoms. The second-order valence-corrected chi connectivity index (χ2v) is 8.22. The van der Waals surface area contributed by atoms with E-state index in [-0.39, 0.29) is 18.7 Å². The van der Waals surface area contributed by atoms with E-state index in [0.717, 1.165) is 15.3 Å². The van der Waals surface area contributed by atoms with E-state index in [9.17, 15) is 19.7 Å². The summed E-state index contributed by atoms with van der Waals surface area (Å²) >= 11 is 2.77. The summed E-state index contributed by atoms with van der Waals surface area (Å²) in [5.74, 6) is -0.954. The maximum atomic E-state index is 12.6. The van der Waals surface area contributed by atoms with Gasteiger partial charge in [-0.3, -0.25) is 14.9 Å². The molecule has 2 aromatic heterocycles. The molecule has 1 aromatic carbocycles. The van der Waals surface area contributed by atoms with Gasteiger partial charge in [0.25, 0.3) is 5.69 Å². The van der Waals surface area contributed by atoms with E-state index in [2.05, 4.69) is 5.32 Å². The number of ether oxygens (including phenoxy) is 1. The normalized spacial score (nSPS) is 10.6. The Hall–Kier alpha value is -3.04. The molecule has 1 amide bonds. The highest BCUT2D eigenvalue weighted by molar-refractivity contribution is 7.18. The summed E-state index contributed by atoms with van der Waals surface area (Å²) in [5, 5.41) is 16.2. The van der Waals surface area contributed by atoms with E-state index in [1.807, 2.05) is 24.4 Å². The van der Waals surface area contributed by atoms with Crippen molar-refractivity contribution in [1.29, 1.82) is 0 Å². The molecule has 2 heterocycles. The summed E-state index contributed by atoms with van der Waals surface area (Å²) in [7, 11) is 0. The summed E-state index contributed by atoms with van der Waals surface area (Å²) in [4.78, 5) is 37.7. The monoisotopic (exact) mass is 430 g/mol. The highest BCUT2D eigenvalue weighted by Gasteiger charge is 2.26. The highest BCUT2D eigenvalue weighted by atomic mass is 32.1. The molecule has 3 rings (SSSR count). The number of hydrogen-bond acceptors (Lipinski definition) is 7. The molecule has 0 bridgehead atoms. The number of nitro benzene ring substituents is 1. The third-order valence-corrected chi connectivity index (χ3v) is 6.03. The molecule has 0 unspecified atom stereocenters. The Morgan fingerprint density at radius 2 is 1.97 bits per heavy atom. The molecule has 7 nitrogen and oxygen atoms in total. The van der Waals surface area contributed by atoms with Gasteiger partial charge < -0.3 is 10.1 Å². The minimum atomic E-state index is -0.517. The predicted octanol–water partition coefficient (Wildman–Crippen LogP) is 5.05. The van der Waals surface area contributed by atoms with E-state index < -0.39 is 16.8 Å². The molecule has 0 aliphatic carbocycles. The second kappa shape index (κ2) is 8.97. The Morgan fingerprint density at radius 1 is 1.21 bits per heavy atom. The summed E-state index contributed by atoms with van der Waals surface area (Å²) < 4.78 is 5.20. The molecule has 3 aromatic rings. The Labute approximate surface area is 175 Å². The van der Waals surface area contributed by atoms with Crippen LogP contribution in [0.3, 0.4) is 0 Å². The van der Waals surface area contributed by atoms with Gasteiger partial charge in [-0.05, 0) is 25.3 Å². The lowest BCUT2D eigenvalue weighted by Crippen LogP contribution is -2.17. The van der Waals surface area contributed by atoms with Crippen LogP contribution in [-0.2, 0) is 16.0 Å². The van der Waals surface area contributed by atoms with Crippen LogP contribution in [0, 0.1) is 17.0 Å². The number of amides is 1. The summed E-state index contributed by atoms with van der Waals surface area (Å²) in [5.41, 5.74) is 1.24. The van der Waals surface area contributed by atoms with Gasteiger partial charge in [-0.15, -0.1) is 22.7 Å².